The monoisotopic (exact) mass is 428 g/mol. The van der Waals surface area contributed by atoms with E-state index in [-0.39, 0.29) is 30.3 Å². The maximum absolute atomic E-state index is 12.6. The number of morpholine rings is 1. The van der Waals surface area contributed by atoms with Gasteiger partial charge in [-0.25, -0.2) is 13.2 Å². The van der Waals surface area contributed by atoms with E-state index in [0.29, 0.717) is 39.5 Å². The summed E-state index contributed by atoms with van der Waals surface area (Å²) in [6.45, 7) is 2.79. The molecule has 0 aliphatic carbocycles. The standard InChI is InChI=1S/C18H28N4O6S/c1-27-11-8-19-17(23)6-7-20-18(24)21-14-15-2-4-16(5-3-15)29(25,26)22-9-12-28-13-10-22/h2-5H,6-14H2,1H3,(H,19,23)(H2,20,21,24). The van der Waals surface area contributed by atoms with Crippen molar-refractivity contribution in [1.82, 2.24) is 20.3 Å². The molecule has 2 rings (SSSR count). The zero-order valence-corrected chi connectivity index (χ0v) is 17.3. The van der Waals surface area contributed by atoms with E-state index in [4.69, 9.17) is 9.47 Å². The molecule has 162 valence electrons. The number of carbonyl (C=O) groups is 2. The van der Waals surface area contributed by atoms with E-state index in [1.807, 2.05) is 0 Å². The zero-order valence-electron chi connectivity index (χ0n) is 16.5. The number of amides is 3. The van der Waals surface area contributed by atoms with Gasteiger partial charge in [-0.1, -0.05) is 12.1 Å². The van der Waals surface area contributed by atoms with Crippen LogP contribution >= 0.6 is 0 Å². The molecule has 1 aliphatic heterocycles. The number of nitrogens with one attached hydrogen (secondary N) is 3. The SMILES string of the molecule is COCCNC(=O)CCNC(=O)NCc1ccc(S(=O)(=O)N2CCOCC2)cc1. The maximum Gasteiger partial charge on any atom is 0.315 e. The first kappa shape index (κ1) is 23.1. The predicted molar refractivity (Wildman–Crippen MR) is 106 cm³/mol. The molecule has 0 unspecified atom stereocenters. The number of rotatable bonds is 10. The molecule has 0 spiro atoms. The van der Waals surface area contributed by atoms with Crippen LogP contribution in [0.3, 0.4) is 0 Å². The van der Waals surface area contributed by atoms with E-state index in [0.717, 1.165) is 5.56 Å². The molecule has 0 aromatic heterocycles. The molecule has 10 nitrogen and oxygen atoms in total. The molecule has 0 atom stereocenters. The fourth-order valence-electron chi connectivity index (χ4n) is 2.63. The molecule has 1 saturated heterocycles. The van der Waals surface area contributed by atoms with Gasteiger partial charge in [-0.2, -0.15) is 4.31 Å². The number of sulfonamides is 1. The van der Waals surface area contributed by atoms with Crippen molar-refractivity contribution in [2.45, 2.75) is 17.9 Å². The van der Waals surface area contributed by atoms with Gasteiger partial charge >= 0.3 is 6.03 Å². The number of nitrogens with zero attached hydrogens (tertiary/aromatic N) is 1. The van der Waals surface area contributed by atoms with Crippen molar-refractivity contribution in [3.63, 3.8) is 0 Å². The van der Waals surface area contributed by atoms with Crippen molar-refractivity contribution in [3.8, 4) is 0 Å². The number of methoxy groups -OCH3 is 1. The third kappa shape index (κ3) is 7.61. The maximum atomic E-state index is 12.6. The van der Waals surface area contributed by atoms with Crippen LogP contribution in [0.25, 0.3) is 0 Å². The van der Waals surface area contributed by atoms with Gasteiger partial charge in [-0.3, -0.25) is 4.79 Å². The Morgan fingerprint density at radius 2 is 1.76 bits per heavy atom. The average molecular weight is 429 g/mol. The normalized spacial score (nSPS) is 14.9. The van der Waals surface area contributed by atoms with Crippen molar-refractivity contribution in [2.24, 2.45) is 0 Å². The third-order valence-electron chi connectivity index (χ3n) is 4.25. The molecule has 1 heterocycles. The Morgan fingerprint density at radius 3 is 2.41 bits per heavy atom. The van der Waals surface area contributed by atoms with E-state index < -0.39 is 16.1 Å². The summed E-state index contributed by atoms with van der Waals surface area (Å²) in [6.07, 6.45) is 0.172. The molecule has 0 bridgehead atoms. The lowest BCUT2D eigenvalue weighted by Crippen LogP contribution is -2.40. The molecular weight excluding hydrogens is 400 g/mol. The van der Waals surface area contributed by atoms with E-state index in [2.05, 4.69) is 16.0 Å². The highest BCUT2D eigenvalue weighted by atomic mass is 32.2. The Kier molecular flexibility index (Phi) is 9.32. The van der Waals surface area contributed by atoms with Crippen LogP contribution in [0.1, 0.15) is 12.0 Å². The fraction of sp³-hybridized carbons (Fsp3) is 0.556. The van der Waals surface area contributed by atoms with Gasteiger partial charge in [0.05, 0.1) is 24.7 Å². The van der Waals surface area contributed by atoms with Crippen molar-refractivity contribution >= 4 is 22.0 Å². The van der Waals surface area contributed by atoms with Gasteiger partial charge in [-0.05, 0) is 17.7 Å². The Labute approximate surface area is 171 Å². The van der Waals surface area contributed by atoms with Crippen molar-refractivity contribution in [2.75, 3.05) is 53.1 Å². The fourth-order valence-corrected chi connectivity index (χ4v) is 4.04. The van der Waals surface area contributed by atoms with Gasteiger partial charge in [0.25, 0.3) is 0 Å². The molecule has 1 aliphatic rings. The predicted octanol–water partition coefficient (Wildman–Crippen LogP) is -0.341. The van der Waals surface area contributed by atoms with Gasteiger partial charge in [0.2, 0.25) is 15.9 Å². The van der Waals surface area contributed by atoms with Crippen LogP contribution in [0.2, 0.25) is 0 Å². The van der Waals surface area contributed by atoms with Gasteiger partial charge < -0.3 is 25.4 Å². The minimum absolute atomic E-state index is 0.167. The number of urea groups is 1. The minimum Gasteiger partial charge on any atom is -0.383 e. The summed E-state index contributed by atoms with van der Waals surface area (Å²) in [5.74, 6) is -0.167. The molecule has 1 aromatic rings. The van der Waals surface area contributed by atoms with E-state index >= 15 is 0 Å². The molecule has 11 heteroatoms. The quantitative estimate of drug-likeness (QED) is 0.438. The van der Waals surface area contributed by atoms with Crippen molar-refractivity contribution in [1.29, 1.82) is 0 Å². The largest absolute Gasteiger partial charge is 0.383 e. The van der Waals surface area contributed by atoms with Crippen LogP contribution < -0.4 is 16.0 Å². The second kappa shape index (κ2) is 11.7. The van der Waals surface area contributed by atoms with Crippen LogP contribution in [0.15, 0.2) is 29.2 Å². The summed E-state index contributed by atoms with van der Waals surface area (Å²) in [5, 5.41) is 7.93. The molecule has 3 N–H and O–H groups in total. The van der Waals surface area contributed by atoms with Gasteiger partial charge in [-0.15, -0.1) is 0 Å². The Morgan fingerprint density at radius 1 is 1.07 bits per heavy atom. The van der Waals surface area contributed by atoms with Crippen LogP contribution in [-0.2, 0) is 30.8 Å². The van der Waals surface area contributed by atoms with Crippen molar-refractivity contribution < 1.29 is 27.5 Å². The number of carbonyl (C=O) groups excluding carboxylic acids is 2. The summed E-state index contributed by atoms with van der Waals surface area (Å²) < 4.78 is 36.6. The topological polar surface area (TPSA) is 126 Å². The summed E-state index contributed by atoms with van der Waals surface area (Å²) in [5.41, 5.74) is 0.762. The Balaban J connectivity index is 1.72. The summed E-state index contributed by atoms with van der Waals surface area (Å²) >= 11 is 0. The molecule has 3 amide bonds. The molecule has 0 radical (unpaired) electrons. The first-order chi connectivity index (χ1) is 13.9. The lowest BCUT2D eigenvalue weighted by Gasteiger charge is -2.26. The Bertz CT molecular complexity index is 763. The Hall–Kier alpha value is -2.21. The minimum atomic E-state index is -3.53. The summed E-state index contributed by atoms with van der Waals surface area (Å²) in [4.78, 5) is 23.5. The van der Waals surface area contributed by atoms with E-state index in [1.165, 1.54) is 16.4 Å². The second-order valence-corrected chi connectivity index (χ2v) is 8.30. The zero-order chi connectivity index (χ0) is 21.1. The number of ether oxygens (including phenoxy) is 2. The smallest absolute Gasteiger partial charge is 0.315 e. The first-order valence-corrected chi connectivity index (χ1v) is 10.8. The van der Waals surface area contributed by atoms with Crippen molar-refractivity contribution in [3.05, 3.63) is 29.8 Å². The van der Waals surface area contributed by atoms with E-state index in [1.54, 1.807) is 19.2 Å². The van der Waals surface area contributed by atoms with Crippen LogP contribution in [0.4, 0.5) is 4.79 Å². The van der Waals surface area contributed by atoms with Crippen LogP contribution in [0.5, 0.6) is 0 Å². The number of hydrogen-bond acceptors (Lipinski definition) is 6. The average Bonchev–Trinajstić information content (AvgIpc) is 2.73. The van der Waals surface area contributed by atoms with E-state index in [9.17, 15) is 18.0 Å². The first-order valence-electron chi connectivity index (χ1n) is 9.37. The number of benzene rings is 1. The lowest BCUT2D eigenvalue weighted by atomic mass is 10.2. The highest BCUT2D eigenvalue weighted by Gasteiger charge is 2.26. The van der Waals surface area contributed by atoms with Gasteiger partial charge in [0.1, 0.15) is 0 Å². The third-order valence-corrected chi connectivity index (χ3v) is 6.16. The molecule has 1 fully saturated rings. The summed E-state index contributed by atoms with van der Waals surface area (Å²) in [7, 11) is -1.98. The number of hydrogen-bond donors (Lipinski definition) is 3. The molecular formula is C18H28N4O6S. The second-order valence-electron chi connectivity index (χ2n) is 6.36. The molecule has 29 heavy (non-hydrogen) atoms. The van der Waals surface area contributed by atoms with Crippen LogP contribution in [0, 0.1) is 0 Å². The highest BCUT2D eigenvalue weighted by molar-refractivity contribution is 7.89. The lowest BCUT2D eigenvalue weighted by molar-refractivity contribution is -0.121. The summed E-state index contributed by atoms with van der Waals surface area (Å²) in [6, 6.07) is 5.99. The van der Waals surface area contributed by atoms with Crippen LogP contribution in [-0.4, -0.2) is 77.8 Å². The highest BCUT2D eigenvalue weighted by Crippen LogP contribution is 2.17. The van der Waals surface area contributed by atoms with Gasteiger partial charge in [0, 0.05) is 46.3 Å². The molecule has 1 aromatic carbocycles. The molecule has 0 saturated carbocycles. The van der Waals surface area contributed by atoms with Gasteiger partial charge in [0.15, 0.2) is 0 Å².